The number of hydrogen-bond acceptors (Lipinski definition) is 3. The van der Waals surface area contributed by atoms with Crippen LogP contribution in [0.5, 0.6) is 0 Å². The van der Waals surface area contributed by atoms with Gasteiger partial charge in [-0.25, -0.2) is 0 Å². The van der Waals surface area contributed by atoms with E-state index in [1.807, 2.05) is 24.3 Å². The van der Waals surface area contributed by atoms with Gasteiger partial charge in [0.15, 0.2) is 0 Å². The summed E-state index contributed by atoms with van der Waals surface area (Å²) in [7, 11) is 0. The van der Waals surface area contributed by atoms with E-state index in [1.165, 1.54) is 11.3 Å². The molecule has 2 aromatic rings. The van der Waals surface area contributed by atoms with Crippen LogP contribution in [0.4, 0.5) is 11.4 Å². The molecule has 0 radical (unpaired) electrons. The van der Waals surface area contributed by atoms with Gasteiger partial charge in [-0.3, -0.25) is 4.79 Å². The summed E-state index contributed by atoms with van der Waals surface area (Å²) in [5, 5.41) is 6.35. The first kappa shape index (κ1) is 14.3. The van der Waals surface area contributed by atoms with Crippen molar-refractivity contribution in [1.29, 1.82) is 0 Å². The number of benzene rings is 2. The summed E-state index contributed by atoms with van der Waals surface area (Å²) < 4.78 is 0. The number of nitrogens with one attached hydrogen (secondary N) is 2. The number of carbonyl (C=O) groups is 1. The zero-order valence-corrected chi connectivity index (χ0v) is 13.1. The highest BCUT2D eigenvalue weighted by atomic mass is 16.2. The molecule has 0 saturated carbocycles. The van der Waals surface area contributed by atoms with E-state index < -0.39 is 0 Å². The van der Waals surface area contributed by atoms with Crippen molar-refractivity contribution in [1.82, 2.24) is 5.32 Å². The fourth-order valence-electron chi connectivity index (χ4n) is 3.48. The molecule has 2 N–H and O–H groups in total. The van der Waals surface area contributed by atoms with E-state index in [1.54, 1.807) is 0 Å². The molecule has 4 rings (SSSR count). The average molecular weight is 307 g/mol. The summed E-state index contributed by atoms with van der Waals surface area (Å²) in [6.07, 6.45) is 0.755. The lowest BCUT2D eigenvalue weighted by molar-refractivity contribution is -0.117. The molecule has 1 saturated heterocycles. The number of hydrogen-bond donors (Lipinski definition) is 2. The van der Waals surface area contributed by atoms with Gasteiger partial charge in [0.05, 0.1) is 5.92 Å². The second kappa shape index (κ2) is 6.05. The van der Waals surface area contributed by atoms with Crippen molar-refractivity contribution >= 4 is 17.3 Å². The largest absolute Gasteiger partial charge is 0.369 e. The molecule has 2 aromatic carbocycles. The lowest BCUT2D eigenvalue weighted by atomic mass is 9.93. The van der Waals surface area contributed by atoms with Crippen LogP contribution in [0, 0.1) is 0 Å². The molecule has 1 fully saturated rings. The lowest BCUT2D eigenvalue weighted by Crippen LogP contribution is -2.43. The highest BCUT2D eigenvalue weighted by Crippen LogP contribution is 2.34. The second-order valence-corrected chi connectivity index (χ2v) is 6.24. The van der Waals surface area contributed by atoms with E-state index >= 15 is 0 Å². The zero-order valence-electron chi connectivity index (χ0n) is 13.1. The third-order valence-electron chi connectivity index (χ3n) is 4.77. The van der Waals surface area contributed by atoms with Gasteiger partial charge in [-0.1, -0.05) is 30.3 Å². The van der Waals surface area contributed by atoms with Crippen molar-refractivity contribution in [3.05, 3.63) is 59.7 Å². The van der Waals surface area contributed by atoms with Gasteiger partial charge >= 0.3 is 0 Å². The summed E-state index contributed by atoms with van der Waals surface area (Å²) >= 11 is 0. The van der Waals surface area contributed by atoms with Gasteiger partial charge in [0.2, 0.25) is 5.91 Å². The van der Waals surface area contributed by atoms with Gasteiger partial charge in [-0.15, -0.1) is 0 Å². The molecule has 0 aliphatic carbocycles. The van der Waals surface area contributed by atoms with Crippen molar-refractivity contribution in [2.45, 2.75) is 12.3 Å². The van der Waals surface area contributed by atoms with Gasteiger partial charge in [0.1, 0.15) is 0 Å². The predicted molar refractivity (Wildman–Crippen MR) is 93.0 cm³/mol. The Hall–Kier alpha value is -2.33. The minimum atomic E-state index is -0.0729. The normalized spacial score (nSPS) is 20.3. The first-order chi connectivity index (χ1) is 11.3. The van der Waals surface area contributed by atoms with Gasteiger partial charge in [-0.2, -0.15) is 0 Å². The fraction of sp³-hybridized carbons (Fsp3) is 0.316. The predicted octanol–water partition coefficient (Wildman–Crippen LogP) is 2.37. The van der Waals surface area contributed by atoms with Crippen LogP contribution >= 0.6 is 0 Å². The highest BCUT2D eigenvalue weighted by Gasteiger charge is 2.30. The quantitative estimate of drug-likeness (QED) is 0.915. The summed E-state index contributed by atoms with van der Waals surface area (Å²) in [4.78, 5) is 14.6. The smallest absolute Gasteiger partial charge is 0.232 e. The van der Waals surface area contributed by atoms with Crippen LogP contribution in [0.1, 0.15) is 17.0 Å². The summed E-state index contributed by atoms with van der Waals surface area (Å²) in [5.74, 6) is 0.0358. The summed E-state index contributed by atoms with van der Waals surface area (Å²) in [5.41, 5.74) is 4.55. The van der Waals surface area contributed by atoms with E-state index in [0.29, 0.717) is 0 Å². The highest BCUT2D eigenvalue weighted by molar-refractivity contribution is 6.03. The Kier molecular flexibility index (Phi) is 3.75. The van der Waals surface area contributed by atoms with Crippen molar-refractivity contribution in [3.63, 3.8) is 0 Å². The molecule has 0 spiro atoms. The monoisotopic (exact) mass is 307 g/mol. The van der Waals surface area contributed by atoms with Crippen LogP contribution in [0.25, 0.3) is 0 Å². The number of nitrogens with zero attached hydrogens (tertiary/aromatic N) is 1. The summed E-state index contributed by atoms with van der Waals surface area (Å²) in [6, 6.07) is 16.7. The Bertz CT molecular complexity index is 705. The second-order valence-electron chi connectivity index (χ2n) is 6.24. The fourth-order valence-corrected chi connectivity index (χ4v) is 3.48. The molecule has 118 valence electrons. The molecule has 1 atom stereocenters. The molecule has 4 heteroatoms. The van der Waals surface area contributed by atoms with Crippen LogP contribution in [0.15, 0.2) is 48.5 Å². The van der Waals surface area contributed by atoms with Crippen molar-refractivity contribution < 1.29 is 4.79 Å². The number of para-hydroxylation sites is 1. The van der Waals surface area contributed by atoms with E-state index in [9.17, 15) is 4.79 Å². The van der Waals surface area contributed by atoms with Crippen LogP contribution in [-0.4, -0.2) is 32.1 Å². The minimum Gasteiger partial charge on any atom is -0.369 e. The maximum Gasteiger partial charge on any atom is 0.232 e. The maximum absolute atomic E-state index is 12.2. The molecule has 1 amide bonds. The first-order valence-corrected chi connectivity index (χ1v) is 8.26. The van der Waals surface area contributed by atoms with Crippen LogP contribution in [0.3, 0.4) is 0 Å². The van der Waals surface area contributed by atoms with Gasteiger partial charge < -0.3 is 15.5 Å². The zero-order chi connectivity index (χ0) is 15.6. The molecule has 0 aromatic heterocycles. The molecule has 2 heterocycles. The number of piperazine rings is 1. The third-order valence-corrected chi connectivity index (χ3v) is 4.77. The summed E-state index contributed by atoms with van der Waals surface area (Å²) in [6.45, 7) is 4.19. The number of anilines is 2. The van der Waals surface area contributed by atoms with Crippen molar-refractivity contribution in [3.8, 4) is 0 Å². The Labute approximate surface area is 136 Å². The topological polar surface area (TPSA) is 44.4 Å². The average Bonchev–Trinajstić information content (AvgIpc) is 2.92. The molecule has 2 aliphatic heterocycles. The van der Waals surface area contributed by atoms with Gasteiger partial charge in [0, 0.05) is 37.6 Å². The third kappa shape index (κ3) is 2.82. The minimum absolute atomic E-state index is 0.0729. The SMILES string of the molecule is O=C1Nc2ccccc2C1Cc1ccc(N2CCNCC2)cc1. The van der Waals surface area contributed by atoms with Crippen LogP contribution in [0.2, 0.25) is 0 Å². The number of amides is 1. The van der Waals surface area contributed by atoms with E-state index in [2.05, 4.69) is 39.8 Å². The van der Waals surface area contributed by atoms with E-state index in [0.717, 1.165) is 43.9 Å². The van der Waals surface area contributed by atoms with Crippen molar-refractivity contribution in [2.24, 2.45) is 0 Å². The molecule has 2 aliphatic rings. The Morgan fingerprint density at radius 1 is 1.00 bits per heavy atom. The van der Waals surface area contributed by atoms with Gasteiger partial charge in [0.25, 0.3) is 0 Å². The molecule has 4 nitrogen and oxygen atoms in total. The molecule has 0 bridgehead atoms. The number of rotatable bonds is 3. The van der Waals surface area contributed by atoms with Crippen LogP contribution < -0.4 is 15.5 Å². The van der Waals surface area contributed by atoms with Gasteiger partial charge in [-0.05, 0) is 35.7 Å². The Morgan fingerprint density at radius 3 is 2.52 bits per heavy atom. The maximum atomic E-state index is 12.2. The molecular formula is C19H21N3O. The Morgan fingerprint density at radius 2 is 1.74 bits per heavy atom. The Balaban J connectivity index is 1.50. The molecule has 23 heavy (non-hydrogen) atoms. The lowest BCUT2D eigenvalue weighted by Gasteiger charge is -2.29. The van der Waals surface area contributed by atoms with Crippen molar-refractivity contribution in [2.75, 3.05) is 36.4 Å². The standard InChI is InChI=1S/C19H21N3O/c23-19-17(16-3-1-2-4-18(16)21-19)13-14-5-7-15(8-6-14)22-11-9-20-10-12-22/h1-8,17,20H,9-13H2,(H,21,23). The molecular weight excluding hydrogens is 286 g/mol. The van der Waals surface area contributed by atoms with E-state index in [4.69, 9.17) is 0 Å². The first-order valence-electron chi connectivity index (χ1n) is 8.26. The molecule has 1 unspecified atom stereocenters. The number of carbonyl (C=O) groups excluding carboxylic acids is 1. The number of fused-ring (bicyclic) bond motifs is 1. The van der Waals surface area contributed by atoms with Crippen LogP contribution in [-0.2, 0) is 11.2 Å². The van der Waals surface area contributed by atoms with E-state index in [-0.39, 0.29) is 11.8 Å².